The van der Waals surface area contributed by atoms with Gasteiger partial charge in [-0.3, -0.25) is 0 Å². The number of fused-ring (bicyclic) bond motifs is 10. The van der Waals surface area contributed by atoms with E-state index in [9.17, 15) is 10.5 Å². The molecule has 0 amide bonds. The summed E-state index contributed by atoms with van der Waals surface area (Å²) in [6.45, 7) is 4.69. The van der Waals surface area contributed by atoms with Gasteiger partial charge in [-0.25, -0.2) is 0 Å². The molecule has 206 valence electrons. The summed E-state index contributed by atoms with van der Waals surface area (Å²) in [6, 6.07) is 33.1. The van der Waals surface area contributed by atoms with E-state index >= 15 is 0 Å². The molecule has 0 saturated heterocycles. The third-order valence-electron chi connectivity index (χ3n) is 8.47. The van der Waals surface area contributed by atoms with E-state index in [1.807, 2.05) is 54.6 Å². The number of benzene rings is 4. The van der Waals surface area contributed by atoms with Gasteiger partial charge in [-0.05, 0) is 54.5 Å². The molecule has 5 nitrogen and oxygen atoms in total. The quantitative estimate of drug-likeness (QED) is 0.158. The molecule has 0 aliphatic heterocycles. The molecule has 0 radical (unpaired) electrons. The van der Waals surface area contributed by atoms with Crippen LogP contribution in [0.25, 0.3) is 72.1 Å². The average Bonchev–Trinajstić information content (AvgIpc) is 3.63. The molecular weight excluding hydrogens is 540 g/mol. The van der Waals surface area contributed by atoms with E-state index in [1.165, 1.54) is 11.6 Å². The molecule has 5 heteroatoms. The van der Waals surface area contributed by atoms with Crippen molar-refractivity contribution in [3.63, 3.8) is 0 Å². The summed E-state index contributed by atoms with van der Waals surface area (Å²) >= 11 is 0. The molecule has 0 saturated carbocycles. The maximum absolute atomic E-state index is 10.0. The lowest BCUT2D eigenvalue weighted by Gasteiger charge is -2.19. The van der Waals surface area contributed by atoms with Gasteiger partial charge in [0.05, 0.1) is 56.7 Å². The first-order valence-corrected chi connectivity index (χ1v) is 14.4. The second kappa shape index (κ2) is 9.91. The number of hydrogen-bond donors (Lipinski definition) is 0. The Morgan fingerprint density at radius 3 is 2.30 bits per heavy atom. The molecule has 1 aliphatic carbocycles. The zero-order chi connectivity index (χ0) is 29.8. The van der Waals surface area contributed by atoms with Crippen LogP contribution in [-0.2, 0) is 6.42 Å². The Bertz CT molecular complexity index is 2560. The van der Waals surface area contributed by atoms with Crippen LogP contribution >= 0.6 is 0 Å². The molecule has 8 rings (SSSR count). The normalized spacial score (nSPS) is 13.5. The van der Waals surface area contributed by atoms with Gasteiger partial charge in [0.25, 0.3) is 0 Å². The van der Waals surface area contributed by atoms with Crippen LogP contribution in [0.1, 0.15) is 11.3 Å². The number of aromatic nitrogens is 2. The Morgan fingerprint density at radius 1 is 0.773 bits per heavy atom. The van der Waals surface area contributed by atoms with E-state index in [0.717, 1.165) is 66.8 Å². The molecule has 7 aromatic rings. The highest BCUT2D eigenvalue weighted by Gasteiger charge is 2.24. The molecule has 0 atom stereocenters. The van der Waals surface area contributed by atoms with Crippen LogP contribution in [0.5, 0.6) is 0 Å². The lowest BCUT2D eigenvalue weighted by molar-refractivity contribution is 0.673. The van der Waals surface area contributed by atoms with Crippen molar-refractivity contribution in [1.82, 2.24) is 9.13 Å². The summed E-state index contributed by atoms with van der Waals surface area (Å²) in [4.78, 5) is 0. The van der Waals surface area contributed by atoms with Crippen molar-refractivity contribution in [2.75, 3.05) is 0 Å². The number of hydrogen-bond acceptors (Lipinski definition) is 3. The SMILES string of the molecule is C=C(/C(=C\C(C#N)=C\C#N)n1c2c(c3ccccc31)CC=CC=C2)n1c2ccccc2c2c3oc4ccccc4c3ccc21. The molecular formula is C39H24N4O. The minimum Gasteiger partial charge on any atom is -0.455 e. The maximum atomic E-state index is 10.0. The van der Waals surface area contributed by atoms with Crippen molar-refractivity contribution >= 4 is 72.1 Å². The van der Waals surface area contributed by atoms with Crippen LogP contribution in [0, 0.1) is 22.7 Å². The third kappa shape index (κ3) is 3.64. The first-order chi connectivity index (χ1) is 21.7. The summed E-state index contributed by atoms with van der Waals surface area (Å²) in [6.07, 6.45) is 12.2. The second-order valence-corrected chi connectivity index (χ2v) is 10.8. The highest BCUT2D eigenvalue weighted by Crippen LogP contribution is 2.43. The fraction of sp³-hybridized carbons (Fsp3) is 0.0256. The van der Waals surface area contributed by atoms with Crippen molar-refractivity contribution in [3.05, 3.63) is 139 Å². The first kappa shape index (κ1) is 25.4. The van der Waals surface area contributed by atoms with Crippen molar-refractivity contribution < 1.29 is 4.42 Å². The van der Waals surface area contributed by atoms with Crippen molar-refractivity contribution in [1.29, 1.82) is 10.5 Å². The third-order valence-corrected chi connectivity index (χ3v) is 8.47. The Kier molecular flexibility index (Phi) is 5.72. The molecule has 0 fully saturated rings. The molecule has 4 aromatic carbocycles. The fourth-order valence-corrected chi connectivity index (χ4v) is 6.63. The summed E-state index contributed by atoms with van der Waals surface area (Å²) < 4.78 is 10.8. The predicted molar refractivity (Wildman–Crippen MR) is 179 cm³/mol. The van der Waals surface area contributed by atoms with Gasteiger partial charge in [0.1, 0.15) is 11.2 Å². The number of furan rings is 1. The highest BCUT2D eigenvalue weighted by molar-refractivity contribution is 6.25. The van der Waals surface area contributed by atoms with Crippen LogP contribution in [0.2, 0.25) is 0 Å². The number of rotatable bonds is 4. The van der Waals surface area contributed by atoms with Gasteiger partial charge < -0.3 is 13.6 Å². The summed E-state index contributed by atoms with van der Waals surface area (Å²) in [5.74, 6) is 0. The average molecular weight is 565 g/mol. The van der Waals surface area contributed by atoms with Gasteiger partial charge in [0.15, 0.2) is 0 Å². The van der Waals surface area contributed by atoms with E-state index in [2.05, 4.69) is 82.5 Å². The first-order valence-electron chi connectivity index (χ1n) is 14.4. The Labute approximate surface area is 253 Å². The smallest absolute Gasteiger partial charge is 0.145 e. The monoisotopic (exact) mass is 564 g/mol. The van der Waals surface area contributed by atoms with E-state index in [-0.39, 0.29) is 5.57 Å². The van der Waals surface area contributed by atoms with Crippen LogP contribution in [0.15, 0.2) is 132 Å². The number of para-hydroxylation sites is 3. The standard InChI is InChI=1S/C39H24N4O/c1-25(36(23-26(24-41)21-22-40)43-32-15-4-2-3-11-27(32)28-12-5-8-16-33(28)43)42-34-17-9-6-14-31(34)38-35(42)20-19-30-29-13-7-10-18-37(29)44-39(30)38/h2-10,12-21,23H,1,11H2/b26-21-,36-23+. The van der Waals surface area contributed by atoms with Crippen molar-refractivity contribution in [2.45, 2.75) is 6.42 Å². The van der Waals surface area contributed by atoms with Gasteiger partial charge in [-0.15, -0.1) is 0 Å². The lowest BCUT2D eigenvalue weighted by Crippen LogP contribution is -2.07. The fourth-order valence-electron chi connectivity index (χ4n) is 6.63. The lowest BCUT2D eigenvalue weighted by atomic mass is 10.1. The maximum Gasteiger partial charge on any atom is 0.145 e. The highest BCUT2D eigenvalue weighted by atomic mass is 16.3. The van der Waals surface area contributed by atoms with E-state index in [0.29, 0.717) is 11.4 Å². The number of nitriles is 2. The van der Waals surface area contributed by atoms with Crippen molar-refractivity contribution in [2.24, 2.45) is 0 Å². The van der Waals surface area contributed by atoms with Crippen LogP contribution in [0.3, 0.4) is 0 Å². The van der Waals surface area contributed by atoms with Gasteiger partial charge >= 0.3 is 0 Å². The Morgan fingerprint density at radius 2 is 1.50 bits per heavy atom. The summed E-state index contributed by atoms with van der Waals surface area (Å²) in [5.41, 5.74) is 8.39. The molecule has 0 bridgehead atoms. The molecule has 0 spiro atoms. The largest absolute Gasteiger partial charge is 0.455 e. The molecule has 1 aliphatic rings. The van der Waals surface area contributed by atoms with E-state index in [4.69, 9.17) is 4.42 Å². The molecule has 44 heavy (non-hydrogen) atoms. The minimum atomic E-state index is 0.242. The van der Waals surface area contributed by atoms with Gasteiger partial charge in [0, 0.05) is 27.6 Å². The Hall–Kier alpha value is -6.30. The predicted octanol–water partition coefficient (Wildman–Crippen LogP) is 9.76. The van der Waals surface area contributed by atoms with Crippen molar-refractivity contribution in [3.8, 4) is 12.1 Å². The summed E-state index contributed by atoms with van der Waals surface area (Å²) in [7, 11) is 0. The molecule has 3 aromatic heterocycles. The van der Waals surface area contributed by atoms with Gasteiger partial charge in [-0.2, -0.15) is 10.5 Å². The number of nitrogens with zero attached hydrogens (tertiary/aromatic N) is 4. The van der Waals surface area contributed by atoms with Gasteiger partial charge in [0.2, 0.25) is 0 Å². The van der Waals surface area contributed by atoms with Crippen LogP contribution in [0.4, 0.5) is 0 Å². The molecule has 3 heterocycles. The van der Waals surface area contributed by atoms with Crippen LogP contribution < -0.4 is 0 Å². The van der Waals surface area contributed by atoms with E-state index < -0.39 is 0 Å². The zero-order valence-electron chi connectivity index (χ0n) is 23.7. The zero-order valence-corrected chi connectivity index (χ0v) is 23.7. The van der Waals surface area contributed by atoms with E-state index in [1.54, 1.807) is 6.08 Å². The van der Waals surface area contributed by atoms with Gasteiger partial charge in [-0.1, -0.05) is 79.4 Å². The minimum absolute atomic E-state index is 0.242. The molecule has 0 N–H and O–H groups in total. The molecule has 0 unspecified atom stereocenters. The second-order valence-electron chi connectivity index (χ2n) is 10.8. The summed E-state index contributed by atoms with van der Waals surface area (Å²) in [5, 5.41) is 24.9. The Balaban J connectivity index is 1.48. The topological polar surface area (TPSA) is 70.6 Å². The van der Waals surface area contributed by atoms with Crippen LogP contribution in [-0.4, -0.2) is 9.13 Å². The number of allylic oxidation sites excluding steroid dienone is 8.